The van der Waals surface area contributed by atoms with E-state index in [9.17, 15) is 15.0 Å². The lowest BCUT2D eigenvalue weighted by Crippen LogP contribution is -2.53. The number of likely N-dealkylation sites (N-methyl/N-ethyl adjacent to an activating group) is 1. The highest BCUT2D eigenvalue weighted by molar-refractivity contribution is 5.67. The number of hydrogen-bond donors (Lipinski definition) is 2. The Bertz CT molecular complexity index is 820. The molecule has 6 nitrogen and oxygen atoms in total. The van der Waals surface area contributed by atoms with Crippen LogP contribution in [0.25, 0.3) is 0 Å². The van der Waals surface area contributed by atoms with Crippen molar-refractivity contribution in [1.82, 2.24) is 4.90 Å². The third-order valence-corrected chi connectivity index (χ3v) is 8.62. The summed E-state index contributed by atoms with van der Waals surface area (Å²) >= 11 is 0. The summed E-state index contributed by atoms with van der Waals surface area (Å²) in [6, 6.07) is -0.120. The standard InChI is InChI=1S/C30H49NO5/c1-8-26-19(3)10-13-27(36-26)20(4)15-18(2)9-11-23-21(5)24(23)12-14-28-30(34)25(31(6)7)16-22(35-28)17-29(32)33/h9,11-12,14-15,18-19,21-28,30,34H,8,10,13,16-17H2,1-7H3,(H,32,33)/b11-9+,14-12+,20-15+/t18-,19?,21-,22+,23+,24+,25+,26-,27-,28+,30-/m1/s1. The minimum Gasteiger partial charge on any atom is -0.481 e. The summed E-state index contributed by atoms with van der Waals surface area (Å²) in [5.74, 6) is 1.57. The third-order valence-electron chi connectivity index (χ3n) is 8.62. The van der Waals surface area contributed by atoms with Crippen LogP contribution in [0.5, 0.6) is 0 Å². The number of allylic oxidation sites excluding steroid dienone is 4. The van der Waals surface area contributed by atoms with E-state index in [0.717, 1.165) is 12.8 Å². The molecular weight excluding hydrogens is 454 g/mol. The molecule has 2 heterocycles. The Morgan fingerprint density at radius 3 is 2.44 bits per heavy atom. The number of rotatable bonds is 10. The molecular formula is C30H49NO5. The molecule has 2 N–H and O–H groups in total. The van der Waals surface area contributed by atoms with E-state index in [1.807, 2.05) is 25.1 Å². The molecule has 6 heteroatoms. The van der Waals surface area contributed by atoms with Gasteiger partial charge in [0.25, 0.3) is 0 Å². The first-order valence-corrected chi connectivity index (χ1v) is 13.9. The number of carbonyl (C=O) groups is 1. The highest BCUT2D eigenvalue weighted by atomic mass is 16.5. The van der Waals surface area contributed by atoms with Crippen LogP contribution in [-0.2, 0) is 14.3 Å². The van der Waals surface area contributed by atoms with Crippen LogP contribution in [0, 0.1) is 29.6 Å². The summed E-state index contributed by atoms with van der Waals surface area (Å²) in [6.07, 6.45) is 14.1. The number of aliphatic hydroxyl groups is 1. The monoisotopic (exact) mass is 503 g/mol. The molecule has 11 atom stereocenters. The summed E-state index contributed by atoms with van der Waals surface area (Å²) in [6.45, 7) is 11.2. The lowest BCUT2D eigenvalue weighted by Gasteiger charge is -2.41. The van der Waals surface area contributed by atoms with Gasteiger partial charge in [-0.2, -0.15) is 0 Å². The van der Waals surface area contributed by atoms with E-state index in [1.165, 1.54) is 12.0 Å². The molecule has 0 aromatic heterocycles. The zero-order valence-corrected chi connectivity index (χ0v) is 23.3. The van der Waals surface area contributed by atoms with Crippen molar-refractivity contribution in [3.8, 4) is 0 Å². The van der Waals surface area contributed by atoms with Crippen molar-refractivity contribution >= 4 is 5.97 Å². The van der Waals surface area contributed by atoms with E-state index < -0.39 is 18.2 Å². The van der Waals surface area contributed by atoms with Gasteiger partial charge in [0.15, 0.2) is 0 Å². The fraction of sp³-hybridized carbons (Fsp3) is 0.767. The van der Waals surface area contributed by atoms with Crippen molar-refractivity contribution in [3.05, 3.63) is 36.0 Å². The summed E-state index contributed by atoms with van der Waals surface area (Å²) in [5, 5.41) is 20.0. The Balaban J connectivity index is 1.55. The average molecular weight is 504 g/mol. The Morgan fingerprint density at radius 1 is 1.11 bits per heavy atom. The quantitative estimate of drug-likeness (QED) is 0.405. The van der Waals surface area contributed by atoms with Gasteiger partial charge in [0.2, 0.25) is 0 Å². The molecule has 2 saturated heterocycles. The van der Waals surface area contributed by atoms with Crippen LogP contribution in [0.1, 0.15) is 66.7 Å². The van der Waals surface area contributed by atoms with Crippen LogP contribution in [0.15, 0.2) is 36.0 Å². The summed E-state index contributed by atoms with van der Waals surface area (Å²) in [7, 11) is 3.84. The second-order valence-electron chi connectivity index (χ2n) is 11.8. The predicted octanol–water partition coefficient (Wildman–Crippen LogP) is 5.08. The van der Waals surface area contributed by atoms with Crippen molar-refractivity contribution in [2.24, 2.45) is 29.6 Å². The van der Waals surface area contributed by atoms with Gasteiger partial charge in [-0.15, -0.1) is 0 Å². The van der Waals surface area contributed by atoms with Crippen molar-refractivity contribution in [2.75, 3.05) is 14.1 Å². The van der Waals surface area contributed by atoms with Crippen molar-refractivity contribution in [1.29, 1.82) is 0 Å². The van der Waals surface area contributed by atoms with Crippen molar-refractivity contribution < 1.29 is 24.5 Å². The van der Waals surface area contributed by atoms with Gasteiger partial charge in [-0.1, -0.05) is 58.1 Å². The second-order valence-corrected chi connectivity index (χ2v) is 11.8. The molecule has 1 unspecified atom stereocenters. The van der Waals surface area contributed by atoms with Crippen LogP contribution in [0.2, 0.25) is 0 Å². The van der Waals surface area contributed by atoms with Crippen molar-refractivity contribution in [2.45, 2.75) is 103 Å². The fourth-order valence-corrected chi connectivity index (χ4v) is 6.09. The number of ether oxygens (including phenoxy) is 2. The minimum atomic E-state index is -0.870. The zero-order chi connectivity index (χ0) is 26.6. The molecule has 0 amide bonds. The maximum Gasteiger partial charge on any atom is 0.305 e. The smallest absolute Gasteiger partial charge is 0.305 e. The Morgan fingerprint density at radius 2 is 1.81 bits per heavy atom. The van der Waals surface area contributed by atoms with Gasteiger partial charge >= 0.3 is 5.97 Å². The molecule has 204 valence electrons. The van der Waals surface area contributed by atoms with E-state index >= 15 is 0 Å². The maximum atomic E-state index is 11.2. The van der Waals surface area contributed by atoms with E-state index in [0.29, 0.717) is 42.1 Å². The number of carboxylic acid groups (broad SMARTS) is 1. The molecule has 1 aliphatic carbocycles. The molecule has 0 bridgehead atoms. The molecule has 0 spiro atoms. The molecule has 2 aliphatic heterocycles. The molecule has 3 aliphatic rings. The van der Waals surface area contributed by atoms with Gasteiger partial charge < -0.3 is 24.6 Å². The zero-order valence-electron chi connectivity index (χ0n) is 23.3. The van der Waals surface area contributed by atoms with E-state index in [4.69, 9.17) is 9.47 Å². The summed E-state index contributed by atoms with van der Waals surface area (Å²) in [5.41, 5.74) is 1.34. The first-order chi connectivity index (χ1) is 17.0. The van der Waals surface area contributed by atoms with Gasteiger partial charge in [-0.25, -0.2) is 0 Å². The largest absolute Gasteiger partial charge is 0.481 e. The number of aliphatic carboxylic acids is 1. The number of hydrogen-bond acceptors (Lipinski definition) is 5. The molecule has 0 aromatic rings. The van der Waals surface area contributed by atoms with Gasteiger partial charge in [0.05, 0.1) is 30.8 Å². The SMILES string of the molecule is CC[C@H]1O[C@@H](/C(C)=C/[C@H](C)/C=C/[C@H]2[C@@H](C)[C@@H]2/C=C/[C@@H]2O[C@H](CC(=O)O)C[C@H](N(C)C)[C@H]2O)CCC1C. The molecule has 1 saturated carbocycles. The lowest BCUT2D eigenvalue weighted by molar-refractivity contribution is -0.153. The number of nitrogens with zero attached hydrogens (tertiary/aromatic N) is 1. The highest BCUT2D eigenvalue weighted by Crippen LogP contribution is 2.48. The number of carboxylic acids is 1. The van der Waals surface area contributed by atoms with Gasteiger partial charge in [0.1, 0.15) is 6.10 Å². The van der Waals surface area contributed by atoms with E-state index in [-0.39, 0.29) is 24.7 Å². The van der Waals surface area contributed by atoms with Gasteiger partial charge in [-0.05, 0) is 81.9 Å². The van der Waals surface area contributed by atoms with E-state index in [1.54, 1.807) is 0 Å². The van der Waals surface area contributed by atoms with Crippen LogP contribution < -0.4 is 0 Å². The van der Waals surface area contributed by atoms with Crippen molar-refractivity contribution in [3.63, 3.8) is 0 Å². The highest BCUT2D eigenvalue weighted by Gasteiger charge is 2.44. The summed E-state index contributed by atoms with van der Waals surface area (Å²) in [4.78, 5) is 13.2. The van der Waals surface area contributed by atoms with E-state index in [2.05, 4.69) is 58.9 Å². The normalized spacial score (nSPS) is 40.8. The first kappa shape index (κ1) is 29.1. The Kier molecular flexibility index (Phi) is 10.4. The lowest BCUT2D eigenvalue weighted by atomic mass is 9.89. The molecule has 36 heavy (non-hydrogen) atoms. The number of aliphatic hydroxyl groups excluding tert-OH is 1. The summed E-state index contributed by atoms with van der Waals surface area (Å²) < 4.78 is 12.3. The fourth-order valence-electron chi connectivity index (χ4n) is 6.09. The topological polar surface area (TPSA) is 79.2 Å². The molecule has 3 rings (SSSR count). The maximum absolute atomic E-state index is 11.2. The average Bonchev–Trinajstić information content (AvgIpc) is 3.44. The first-order valence-electron chi connectivity index (χ1n) is 13.9. The van der Waals surface area contributed by atoms with Crippen LogP contribution in [0.3, 0.4) is 0 Å². The third kappa shape index (κ3) is 7.53. The Hall–Kier alpha value is -1.47. The van der Waals surface area contributed by atoms with Crippen LogP contribution in [-0.4, -0.2) is 71.7 Å². The second kappa shape index (κ2) is 12.9. The van der Waals surface area contributed by atoms with Gasteiger partial charge in [0, 0.05) is 6.04 Å². The minimum absolute atomic E-state index is 0.0402. The van der Waals surface area contributed by atoms with Crippen LogP contribution >= 0.6 is 0 Å². The molecule has 3 fully saturated rings. The van der Waals surface area contributed by atoms with Crippen LogP contribution in [0.4, 0.5) is 0 Å². The van der Waals surface area contributed by atoms with Gasteiger partial charge in [-0.3, -0.25) is 4.79 Å². The molecule has 0 aromatic carbocycles. The Labute approximate surface area is 218 Å². The predicted molar refractivity (Wildman–Crippen MR) is 144 cm³/mol. The molecule has 0 radical (unpaired) electrons.